The highest BCUT2D eigenvalue weighted by Gasteiger charge is 2.14. The molecule has 0 amide bonds. The topological polar surface area (TPSA) is 82.5 Å². The first kappa shape index (κ1) is 16.2. The van der Waals surface area contributed by atoms with Crippen LogP contribution in [-0.2, 0) is 5.75 Å². The number of rotatable bonds is 5. The van der Waals surface area contributed by atoms with Crippen LogP contribution < -0.4 is 0 Å². The van der Waals surface area contributed by atoms with E-state index in [1.807, 2.05) is 52.5 Å². The summed E-state index contributed by atoms with van der Waals surface area (Å²) in [6.45, 7) is 0. The van der Waals surface area contributed by atoms with Crippen LogP contribution in [0.1, 0.15) is 5.89 Å². The fraction of sp³-hybridized carbons (Fsp3) is 0.0556. The van der Waals surface area contributed by atoms with Crippen LogP contribution >= 0.6 is 23.1 Å². The molecule has 0 radical (unpaired) electrons. The molecule has 0 unspecified atom stereocenters. The molecular formula is C18H12N6OS2. The third-order valence-corrected chi connectivity index (χ3v) is 5.73. The molecule has 0 bridgehead atoms. The quantitative estimate of drug-likeness (QED) is 0.327. The van der Waals surface area contributed by atoms with Crippen molar-refractivity contribution >= 4 is 34.1 Å². The maximum Gasteiger partial charge on any atom is 0.237 e. The molecule has 7 nitrogen and oxygen atoms in total. The Bertz CT molecular complexity index is 1180. The summed E-state index contributed by atoms with van der Waals surface area (Å²) in [6.07, 6.45) is 3.34. The van der Waals surface area contributed by atoms with Gasteiger partial charge in [0, 0.05) is 0 Å². The minimum Gasteiger partial charge on any atom is -0.338 e. The van der Waals surface area contributed by atoms with Gasteiger partial charge in [-0.2, -0.15) is 10.1 Å². The number of fused-ring (bicyclic) bond motifs is 1. The van der Waals surface area contributed by atoms with Gasteiger partial charge in [-0.3, -0.25) is 0 Å². The predicted molar refractivity (Wildman–Crippen MR) is 104 cm³/mol. The summed E-state index contributed by atoms with van der Waals surface area (Å²) in [6, 6.07) is 13.8. The summed E-state index contributed by atoms with van der Waals surface area (Å²) >= 11 is 3.11. The largest absolute Gasteiger partial charge is 0.338 e. The highest BCUT2D eigenvalue weighted by Crippen LogP contribution is 2.29. The minimum absolute atomic E-state index is 0.529. The van der Waals surface area contributed by atoms with Crippen LogP contribution in [0.15, 0.2) is 69.9 Å². The standard InChI is InChI=1S/C18H12N6OS2/c1-2-5-12(6-3-1)24-17-13(9-21-24)18(20-11-19-17)27-10-15-22-16(23-25-15)14-7-4-8-26-14/h1-9,11H,10H2. The molecule has 5 rings (SSSR count). The number of hydrogen-bond donors (Lipinski definition) is 0. The Kier molecular flexibility index (Phi) is 4.15. The molecule has 0 aliphatic carbocycles. The van der Waals surface area contributed by atoms with Gasteiger partial charge in [0.1, 0.15) is 11.4 Å². The van der Waals surface area contributed by atoms with Crippen molar-refractivity contribution in [3.05, 3.63) is 66.3 Å². The Morgan fingerprint density at radius 2 is 2.00 bits per heavy atom. The molecule has 4 heterocycles. The van der Waals surface area contributed by atoms with E-state index >= 15 is 0 Å². The predicted octanol–water partition coefficient (Wildman–Crippen LogP) is 4.22. The highest BCUT2D eigenvalue weighted by atomic mass is 32.2. The molecule has 9 heteroatoms. The van der Waals surface area contributed by atoms with E-state index in [1.54, 1.807) is 23.9 Å². The van der Waals surface area contributed by atoms with E-state index in [1.165, 1.54) is 11.8 Å². The van der Waals surface area contributed by atoms with Crippen LogP contribution in [0.5, 0.6) is 0 Å². The molecule has 0 saturated carbocycles. The van der Waals surface area contributed by atoms with E-state index in [0.717, 1.165) is 26.6 Å². The van der Waals surface area contributed by atoms with Gasteiger partial charge in [0.25, 0.3) is 0 Å². The number of thioether (sulfide) groups is 1. The van der Waals surface area contributed by atoms with Gasteiger partial charge in [-0.25, -0.2) is 14.6 Å². The van der Waals surface area contributed by atoms with Crippen LogP contribution in [0.4, 0.5) is 0 Å². The Balaban J connectivity index is 1.40. The Morgan fingerprint density at radius 1 is 1.07 bits per heavy atom. The normalized spacial score (nSPS) is 11.3. The SMILES string of the molecule is c1ccc(-n2ncc3c(SCc4nc(-c5cccs5)no4)ncnc32)cc1. The van der Waals surface area contributed by atoms with E-state index in [9.17, 15) is 0 Å². The van der Waals surface area contributed by atoms with Crippen molar-refractivity contribution in [2.24, 2.45) is 0 Å². The van der Waals surface area contributed by atoms with Crippen molar-refractivity contribution < 1.29 is 4.52 Å². The van der Waals surface area contributed by atoms with E-state index < -0.39 is 0 Å². The van der Waals surface area contributed by atoms with Crippen molar-refractivity contribution in [2.45, 2.75) is 10.8 Å². The van der Waals surface area contributed by atoms with Crippen molar-refractivity contribution in [3.8, 4) is 16.4 Å². The minimum atomic E-state index is 0.529. The number of nitrogens with zero attached hydrogens (tertiary/aromatic N) is 6. The third-order valence-electron chi connectivity index (χ3n) is 3.87. The van der Waals surface area contributed by atoms with Gasteiger partial charge in [0.05, 0.1) is 27.9 Å². The number of hydrogen-bond acceptors (Lipinski definition) is 8. The molecule has 0 aliphatic heterocycles. The first-order valence-corrected chi connectivity index (χ1v) is 9.98. The molecule has 27 heavy (non-hydrogen) atoms. The zero-order valence-electron chi connectivity index (χ0n) is 13.9. The number of benzene rings is 1. The fourth-order valence-corrected chi connectivity index (χ4v) is 4.09. The van der Waals surface area contributed by atoms with E-state index in [0.29, 0.717) is 17.5 Å². The second-order valence-electron chi connectivity index (χ2n) is 5.59. The summed E-state index contributed by atoms with van der Waals surface area (Å²) in [7, 11) is 0. The van der Waals surface area contributed by atoms with Crippen molar-refractivity contribution in [1.29, 1.82) is 0 Å². The summed E-state index contributed by atoms with van der Waals surface area (Å²) in [4.78, 5) is 14.2. The zero-order chi connectivity index (χ0) is 18.1. The van der Waals surface area contributed by atoms with Gasteiger partial charge in [0.15, 0.2) is 5.65 Å². The average molecular weight is 392 g/mol. The van der Waals surface area contributed by atoms with Crippen LogP contribution in [0, 0.1) is 0 Å². The average Bonchev–Trinajstić information content (AvgIpc) is 3.47. The molecule has 0 aliphatic rings. The van der Waals surface area contributed by atoms with Gasteiger partial charge < -0.3 is 4.52 Å². The van der Waals surface area contributed by atoms with Crippen molar-refractivity contribution in [3.63, 3.8) is 0 Å². The van der Waals surface area contributed by atoms with E-state index in [4.69, 9.17) is 4.52 Å². The molecule has 132 valence electrons. The molecule has 4 aromatic heterocycles. The second kappa shape index (κ2) is 6.93. The lowest BCUT2D eigenvalue weighted by molar-refractivity contribution is 0.392. The van der Waals surface area contributed by atoms with E-state index in [-0.39, 0.29) is 0 Å². The van der Waals surface area contributed by atoms with Gasteiger partial charge in [0.2, 0.25) is 11.7 Å². The molecule has 0 atom stereocenters. The molecule has 5 aromatic rings. The molecule has 0 N–H and O–H groups in total. The molecular weight excluding hydrogens is 380 g/mol. The maximum atomic E-state index is 5.36. The summed E-state index contributed by atoms with van der Waals surface area (Å²) in [5, 5.41) is 12.2. The monoisotopic (exact) mass is 392 g/mol. The number of aromatic nitrogens is 6. The summed E-state index contributed by atoms with van der Waals surface area (Å²) in [5.41, 5.74) is 1.73. The van der Waals surface area contributed by atoms with Gasteiger partial charge in [-0.15, -0.1) is 11.3 Å². The first-order chi connectivity index (χ1) is 13.4. The molecule has 0 fully saturated rings. The smallest absolute Gasteiger partial charge is 0.237 e. The van der Waals surface area contributed by atoms with Gasteiger partial charge >= 0.3 is 0 Å². The zero-order valence-corrected chi connectivity index (χ0v) is 15.5. The summed E-state index contributed by atoms with van der Waals surface area (Å²) in [5.74, 6) is 1.71. The Hall–Kier alpha value is -3.04. The highest BCUT2D eigenvalue weighted by molar-refractivity contribution is 7.98. The van der Waals surface area contributed by atoms with Crippen molar-refractivity contribution in [1.82, 2.24) is 29.9 Å². The molecule has 1 aromatic carbocycles. The molecule has 0 spiro atoms. The van der Waals surface area contributed by atoms with Crippen LogP contribution in [-0.4, -0.2) is 29.9 Å². The Morgan fingerprint density at radius 3 is 2.85 bits per heavy atom. The van der Waals surface area contributed by atoms with Crippen LogP contribution in [0.2, 0.25) is 0 Å². The third kappa shape index (κ3) is 3.11. The number of para-hydroxylation sites is 1. The lowest BCUT2D eigenvalue weighted by atomic mass is 10.3. The lowest BCUT2D eigenvalue weighted by Gasteiger charge is -2.03. The molecule has 0 saturated heterocycles. The van der Waals surface area contributed by atoms with E-state index in [2.05, 4.69) is 25.2 Å². The second-order valence-corrected chi connectivity index (χ2v) is 7.50. The first-order valence-electron chi connectivity index (χ1n) is 8.12. The van der Waals surface area contributed by atoms with Gasteiger partial charge in [-0.05, 0) is 23.6 Å². The maximum absolute atomic E-state index is 5.36. The van der Waals surface area contributed by atoms with Crippen LogP contribution in [0.3, 0.4) is 0 Å². The van der Waals surface area contributed by atoms with Gasteiger partial charge in [-0.1, -0.05) is 41.2 Å². The lowest BCUT2D eigenvalue weighted by Crippen LogP contribution is -1.97. The fourth-order valence-electron chi connectivity index (χ4n) is 2.65. The van der Waals surface area contributed by atoms with Crippen LogP contribution in [0.25, 0.3) is 27.4 Å². The number of thiophene rings is 1. The summed E-state index contributed by atoms with van der Waals surface area (Å²) < 4.78 is 7.17. The van der Waals surface area contributed by atoms with Crippen molar-refractivity contribution in [2.75, 3.05) is 0 Å². The Labute approximate surface area is 162 Å².